The molecule has 0 radical (unpaired) electrons. The van der Waals surface area contributed by atoms with Gasteiger partial charge in [0.05, 0.1) is 0 Å². The monoisotopic (exact) mass is 399 g/mol. The van der Waals surface area contributed by atoms with E-state index in [2.05, 4.69) is 15.6 Å². The SMILES string of the molecule is CC(=O)NC(CSc1ccc(F)cc1)C(=O)NCCc1c[nH]c2ccccc12. The van der Waals surface area contributed by atoms with Crippen LogP contribution in [0.1, 0.15) is 12.5 Å². The summed E-state index contributed by atoms with van der Waals surface area (Å²) in [6, 6.07) is 13.4. The molecule has 3 aromatic rings. The highest BCUT2D eigenvalue weighted by molar-refractivity contribution is 7.99. The van der Waals surface area contributed by atoms with E-state index in [1.807, 2.05) is 30.5 Å². The first-order valence-corrected chi connectivity index (χ1v) is 9.99. The average Bonchev–Trinajstić information content (AvgIpc) is 3.09. The Labute approximate surface area is 167 Å². The summed E-state index contributed by atoms with van der Waals surface area (Å²) in [5.41, 5.74) is 2.20. The molecule has 146 valence electrons. The van der Waals surface area contributed by atoms with Crippen LogP contribution in [0, 0.1) is 5.82 Å². The molecule has 0 fully saturated rings. The average molecular weight is 399 g/mol. The van der Waals surface area contributed by atoms with Crippen LogP contribution in [0.2, 0.25) is 0 Å². The van der Waals surface area contributed by atoms with Gasteiger partial charge in [-0.1, -0.05) is 18.2 Å². The predicted octanol–water partition coefficient (Wildman–Crippen LogP) is 3.26. The number of carbonyl (C=O) groups excluding carboxylic acids is 2. The second-order valence-corrected chi connectivity index (χ2v) is 7.51. The minimum atomic E-state index is -0.657. The van der Waals surface area contributed by atoms with Gasteiger partial charge in [-0.05, 0) is 42.3 Å². The summed E-state index contributed by atoms with van der Waals surface area (Å²) < 4.78 is 13.0. The highest BCUT2D eigenvalue weighted by Gasteiger charge is 2.19. The van der Waals surface area contributed by atoms with E-state index < -0.39 is 6.04 Å². The van der Waals surface area contributed by atoms with Crippen molar-refractivity contribution in [1.82, 2.24) is 15.6 Å². The van der Waals surface area contributed by atoms with Crippen molar-refractivity contribution in [3.63, 3.8) is 0 Å². The second kappa shape index (κ2) is 9.41. The molecular weight excluding hydrogens is 377 g/mol. The molecule has 0 saturated heterocycles. The predicted molar refractivity (Wildman–Crippen MR) is 110 cm³/mol. The lowest BCUT2D eigenvalue weighted by Crippen LogP contribution is -2.48. The minimum absolute atomic E-state index is 0.232. The van der Waals surface area contributed by atoms with Crippen LogP contribution in [0.3, 0.4) is 0 Å². The molecule has 0 aliphatic heterocycles. The number of para-hydroxylation sites is 1. The zero-order chi connectivity index (χ0) is 19.9. The number of rotatable bonds is 8. The van der Waals surface area contributed by atoms with Crippen molar-refractivity contribution >= 4 is 34.5 Å². The molecule has 1 atom stereocenters. The number of thioether (sulfide) groups is 1. The summed E-state index contributed by atoms with van der Waals surface area (Å²) in [6.45, 7) is 1.85. The molecule has 5 nitrogen and oxygen atoms in total. The summed E-state index contributed by atoms with van der Waals surface area (Å²) in [6.07, 6.45) is 2.64. The second-order valence-electron chi connectivity index (χ2n) is 6.42. The van der Waals surface area contributed by atoms with Crippen molar-refractivity contribution in [3.8, 4) is 0 Å². The van der Waals surface area contributed by atoms with E-state index in [9.17, 15) is 14.0 Å². The molecule has 7 heteroatoms. The normalized spacial score (nSPS) is 11.9. The maximum Gasteiger partial charge on any atom is 0.243 e. The molecule has 2 aromatic carbocycles. The summed E-state index contributed by atoms with van der Waals surface area (Å²) >= 11 is 1.39. The van der Waals surface area contributed by atoms with Gasteiger partial charge in [0.15, 0.2) is 0 Å². The van der Waals surface area contributed by atoms with Gasteiger partial charge in [0.25, 0.3) is 0 Å². The molecule has 0 spiro atoms. The maximum atomic E-state index is 13.0. The summed E-state index contributed by atoms with van der Waals surface area (Å²) in [5.74, 6) is -0.441. The zero-order valence-electron chi connectivity index (χ0n) is 15.5. The van der Waals surface area contributed by atoms with E-state index >= 15 is 0 Å². The third-order valence-corrected chi connectivity index (χ3v) is 5.40. The molecule has 0 bridgehead atoms. The first kappa shape index (κ1) is 19.9. The number of benzene rings is 2. The maximum absolute atomic E-state index is 13.0. The number of aromatic nitrogens is 1. The third-order valence-electron chi connectivity index (χ3n) is 4.29. The Balaban J connectivity index is 1.54. The molecule has 3 rings (SSSR count). The number of fused-ring (bicyclic) bond motifs is 1. The highest BCUT2D eigenvalue weighted by Crippen LogP contribution is 2.20. The van der Waals surface area contributed by atoms with E-state index in [4.69, 9.17) is 0 Å². The molecule has 3 N–H and O–H groups in total. The van der Waals surface area contributed by atoms with Crippen molar-refractivity contribution in [1.29, 1.82) is 0 Å². The number of H-pyrrole nitrogens is 1. The molecule has 28 heavy (non-hydrogen) atoms. The van der Waals surface area contributed by atoms with Crippen LogP contribution in [0.5, 0.6) is 0 Å². The van der Waals surface area contributed by atoms with Gasteiger partial charge < -0.3 is 15.6 Å². The van der Waals surface area contributed by atoms with Crippen LogP contribution >= 0.6 is 11.8 Å². The number of aromatic amines is 1. The molecular formula is C21H22FN3O2S. The fourth-order valence-corrected chi connectivity index (χ4v) is 3.84. The topological polar surface area (TPSA) is 74.0 Å². The van der Waals surface area contributed by atoms with E-state index in [-0.39, 0.29) is 17.6 Å². The molecule has 0 aliphatic carbocycles. The fourth-order valence-electron chi connectivity index (χ4n) is 2.92. The lowest BCUT2D eigenvalue weighted by Gasteiger charge is -2.17. The first-order valence-electron chi connectivity index (χ1n) is 9.01. The van der Waals surface area contributed by atoms with Gasteiger partial charge in [0, 0.05) is 41.2 Å². The van der Waals surface area contributed by atoms with Crippen LogP contribution in [0.4, 0.5) is 4.39 Å². The third kappa shape index (κ3) is 5.36. The molecule has 1 aromatic heterocycles. The van der Waals surface area contributed by atoms with Gasteiger partial charge >= 0.3 is 0 Å². The van der Waals surface area contributed by atoms with E-state index in [1.54, 1.807) is 12.1 Å². The van der Waals surface area contributed by atoms with Crippen molar-refractivity contribution < 1.29 is 14.0 Å². The van der Waals surface area contributed by atoms with Gasteiger partial charge in [-0.15, -0.1) is 11.8 Å². The molecule has 2 amide bonds. The van der Waals surface area contributed by atoms with E-state index in [0.717, 1.165) is 21.4 Å². The Morgan fingerprint density at radius 2 is 1.89 bits per heavy atom. The van der Waals surface area contributed by atoms with Crippen LogP contribution in [0.25, 0.3) is 10.9 Å². The van der Waals surface area contributed by atoms with Gasteiger partial charge in [-0.25, -0.2) is 4.39 Å². The Morgan fingerprint density at radius 3 is 2.64 bits per heavy atom. The van der Waals surface area contributed by atoms with Crippen LogP contribution in [0.15, 0.2) is 59.6 Å². The number of amides is 2. The lowest BCUT2D eigenvalue weighted by atomic mass is 10.1. The fraction of sp³-hybridized carbons (Fsp3) is 0.238. The number of nitrogens with one attached hydrogen (secondary N) is 3. The Hall–Kier alpha value is -2.80. The van der Waals surface area contributed by atoms with Gasteiger partial charge in [0.2, 0.25) is 11.8 Å². The largest absolute Gasteiger partial charge is 0.361 e. The lowest BCUT2D eigenvalue weighted by molar-refractivity contribution is -0.127. The quantitative estimate of drug-likeness (QED) is 0.509. The standard InChI is InChI=1S/C21H22FN3O2S/c1-14(26)25-20(13-28-17-8-6-16(22)7-9-17)21(27)23-11-10-15-12-24-19-5-3-2-4-18(15)19/h2-9,12,20,24H,10-11,13H2,1H3,(H,23,27)(H,25,26). The number of carbonyl (C=O) groups is 2. The number of hydrogen-bond donors (Lipinski definition) is 3. The summed E-state index contributed by atoms with van der Waals surface area (Å²) in [7, 11) is 0. The van der Waals surface area contributed by atoms with Gasteiger partial charge in [-0.2, -0.15) is 0 Å². The number of halogens is 1. The molecule has 1 heterocycles. The van der Waals surface area contributed by atoms with Crippen molar-refractivity contribution in [2.45, 2.75) is 24.3 Å². The highest BCUT2D eigenvalue weighted by atomic mass is 32.2. The van der Waals surface area contributed by atoms with Crippen molar-refractivity contribution in [3.05, 3.63) is 66.1 Å². The molecule has 0 aliphatic rings. The molecule has 0 saturated carbocycles. The van der Waals surface area contributed by atoms with Crippen LogP contribution in [-0.2, 0) is 16.0 Å². The van der Waals surface area contributed by atoms with Crippen molar-refractivity contribution in [2.24, 2.45) is 0 Å². The Bertz CT molecular complexity index is 956. The zero-order valence-corrected chi connectivity index (χ0v) is 16.3. The van der Waals surface area contributed by atoms with Gasteiger partial charge in [-0.3, -0.25) is 9.59 Å². The Morgan fingerprint density at radius 1 is 1.14 bits per heavy atom. The van der Waals surface area contributed by atoms with Crippen LogP contribution in [-0.4, -0.2) is 35.1 Å². The summed E-state index contributed by atoms with van der Waals surface area (Å²) in [4.78, 5) is 28.1. The van der Waals surface area contributed by atoms with Crippen LogP contribution < -0.4 is 10.6 Å². The number of hydrogen-bond acceptors (Lipinski definition) is 3. The van der Waals surface area contributed by atoms with Gasteiger partial charge in [0.1, 0.15) is 11.9 Å². The Kier molecular flexibility index (Phi) is 6.71. The van der Waals surface area contributed by atoms with E-state index in [1.165, 1.54) is 30.8 Å². The summed E-state index contributed by atoms with van der Waals surface area (Å²) in [5, 5.41) is 6.72. The van der Waals surface area contributed by atoms with Crippen molar-refractivity contribution in [2.75, 3.05) is 12.3 Å². The smallest absolute Gasteiger partial charge is 0.243 e. The molecule has 1 unspecified atom stereocenters. The minimum Gasteiger partial charge on any atom is -0.361 e. The van der Waals surface area contributed by atoms with E-state index in [0.29, 0.717) is 18.7 Å². The first-order chi connectivity index (χ1) is 13.5.